The summed E-state index contributed by atoms with van der Waals surface area (Å²) >= 11 is 1.31. The zero-order valence-corrected chi connectivity index (χ0v) is 21.0. The quantitative estimate of drug-likeness (QED) is 0.281. The number of aromatic nitrogens is 4. The fourth-order valence-corrected chi connectivity index (χ4v) is 4.55. The monoisotopic (exact) mass is 498 g/mol. The van der Waals surface area contributed by atoms with E-state index in [-0.39, 0.29) is 18.1 Å². The Kier molecular flexibility index (Phi) is 8.32. The molecule has 0 aliphatic carbocycles. The molecule has 0 atom stereocenters. The van der Waals surface area contributed by atoms with Crippen LogP contribution in [0.5, 0.6) is 5.75 Å². The Hall–Kier alpha value is -4.16. The summed E-state index contributed by atoms with van der Waals surface area (Å²) in [4.78, 5) is 19.2. The van der Waals surface area contributed by atoms with Crippen molar-refractivity contribution in [1.82, 2.24) is 19.7 Å². The largest absolute Gasteiger partial charge is 0.494 e. The van der Waals surface area contributed by atoms with Gasteiger partial charge in [-0.25, -0.2) is 0 Å². The molecule has 0 fully saturated rings. The number of nitrogens with zero attached hydrogens (tertiary/aromatic N) is 6. The highest BCUT2D eigenvalue weighted by atomic mass is 32.2. The third kappa shape index (κ3) is 5.73. The highest BCUT2D eigenvalue weighted by molar-refractivity contribution is 7.99. The van der Waals surface area contributed by atoms with Gasteiger partial charge in [0.15, 0.2) is 11.0 Å². The molecular formula is C27H26N6O2S. The van der Waals surface area contributed by atoms with Crippen LogP contribution in [0.4, 0.5) is 5.69 Å². The normalized spacial score (nSPS) is 10.6. The molecule has 0 N–H and O–H groups in total. The van der Waals surface area contributed by atoms with E-state index in [1.54, 1.807) is 17.3 Å². The van der Waals surface area contributed by atoms with Gasteiger partial charge in [0.1, 0.15) is 5.75 Å². The Morgan fingerprint density at radius 1 is 1.11 bits per heavy atom. The lowest BCUT2D eigenvalue weighted by Gasteiger charge is -2.22. The van der Waals surface area contributed by atoms with Gasteiger partial charge in [0.25, 0.3) is 0 Å². The van der Waals surface area contributed by atoms with Crippen LogP contribution in [0, 0.1) is 18.3 Å². The maximum atomic E-state index is 13.3. The molecule has 0 spiro atoms. The van der Waals surface area contributed by atoms with Crippen LogP contribution in [0.2, 0.25) is 0 Å². The summed E-state index contributed by atoms with van der Waals surface area (Å²) in [5.41, 5.74) is 3.54. The second-order valence-electron chi connectivity index (χ2n) is 7.84. The molecule has 0 bridgehead atoms. The van der Waals surface area contributed by atoms with Gasteiger partial charge in [0, 0.05) is 30.2 Å². The molecule has 4 aromatic rings. The average Bonchev–Trinajstić information content (AvgIpc) is 3.33. The summed E-state index contributed by atoms with van der Waals surface area (Å²) in [6.45, 7) is 4.81. The number of carbonyl (C=O) groups is 1. The molecule has 0 aliphatic heterocycles. The fraction of sp³-hybridized carbons (Fsp3) is 0.222. The van der Waals surface area contributed by atoms with Gasteiger partial charge in [-0.15, -0.1) is 10.2 Å². The predicted molar refractivity (Wildman–Crippen MR) is 140 cm³/mol. The number of pyridine rings is 1. The van der Waals surface area contributed by atoms with Crippen LogP contribution >= 0.6 is 11.8 Å². The number of ether oxygens (including phenoxy) is 1. The van der Waals surface area contributed by atoms with Crippen LogP contribution in [0.15, 0.2) is 78.2 Å². The van der Waals surface area contributed by atoms with Gasteiger partial charge in [-0.3, -0.25) is 14.3 Å². The number of carbonyl (C=O) groups excluding carboxylic acids is 1. The van der Waals surface area contributed by atoms with Gasteiger partial charge in [-0.2, -0.15) is 5.26 Å². The maximum Gasteiger partial charge on any atom is 0.237 e. The number of hydrogen-bond acceptors (Lipinski definition) is 7. The first-order valence-electron chi connectivity index (χ1n) is 11.6. The van der Waals surface area contributed by atoms with Crippen LogP contribution < -0.4 is 9.64 Å². The first-order chi connectivity index (χ1) is 17.6. The summed E-state index contributed by atoms with van der Waals surface area (Å²) in [7, 11) is 0. The first kappa shape index (κ1) is 24.9. The lowest BCUT2D eigenvalue weighted by Crippen LogP contribution is -2.33. The Bertz CT molecular complexity index is 1350. The van der Waals surface area contributed by atoms with Gasteiger partial charge in [0.2, 0.25) is 5.91 Å². The lowest BCUT2D eigenvalue weighted by molar-refractivity contribution is -0.116. The Morgan fingerprint density at radius 2 is 1.92 bits per heavy atom. The minimum Gasteiger partial charge on any atom is -0.494 e. The van der Waals surface area contributed by atoms with Crippen molar-refractivity contribution in [2.45, 2.75) is 25.4 Å². The van der Waals surface area contributed by atoms with Crippen LogP contribution in [0.3, 0.4) is 0 Å². The van der Waals surface area contributed by atoms with Crippen molar-refractivity contribution in [2.75, 3.05) is 23.8 Å². The van der Waals surface area contributed by atoms with E-state index in [0.717, 1.165) is 28.3 Å². The molecule has 0 unspecified atom stereocenters. The molecule has 2 aromatic heterocycles. The summed E-state index contributed by atoms with van der Waals surface area (Å²) in [5.74, 6) is 1.40. The van der Waals surface area contributed by atoms with Crippen LogP contribution in [-0.2, 0) is 4.79 Å². The van der Waals surface area contributed by atoms with Crippen LogP contribution in [0.25, 0.3) is 17.1 Å². The number of para-hydroxylation sites is 1. The summed E-state index contributed by atoms with van der Waals surface area (Å²) < 4.78 is 7.47. The molecule has 2 aromatic carbocycles. The van der Waals surface area contributed by atoms with Gasteiger partial charge in [-0.1, -0.05) is 30.0 Å². The number of thioether (sulfide) groups is 1. The van der Waals surface area contributed by atoms with E-state index < -0.39 is 0 Å². The van der Waals surface area contributed by atoms with Crippen LogP contribution in [-0.4, -0.2) is 44.6 Å². The third-order valence-electron chi connectivity index (χ3n) is 5.44. The van der Waals surface area contributed by atoms with Gasteiger partial charge >= 0.3 is 0 Å². The topological polar surface area (TPSA) is 96.9 Å². The molecule has 2 heterocycles. The third-order valence-corrected chi connectivity index (χ3v) is 6.36. The Morgan fingerprint density at radius 3 is 2.61 bits per heavy atom. The second kappa shape index (κ2) is 12.0. The summed E-state index contributed by atoms with van der Waals surface area (Å²) in [5, 5.41) is 18.6. The number of amides is 1. The molecule has 0 radical (unpaired) electrons. The van der Waals surface area contributed by atoms with Crippen molar-refractivity contribution in [2.24, 2.45) is 0 Å². The number of hydrogen-bond donors (Lipinski definition) is 0. The van der Waals surface area contributed by atoms with E-state index in [1.807, 2.05) is 79.1 Å². The Balaban J connectivity index is 1.61. The molecule has 0 aliphatic rings. The number of benzene rings is 2. The molecule has 4 rings (SSSR count). The minimum atomic E-state index is -0.123. The van der Waals surface area contributed by atoms with E-state index in [9.17, 15) is 4.79 Å². The fourth-order valence-electron chi connectivity index (χ4n) is 3.73. The van der Waals surface area contributed by atoms with Crippen molar-refractivity contribution >= 4 is 23.4 Å². The standard InChI is InChI=1S/C27H26N6O2S/c1-3-35-23-13-11-22(12-14-23)32(17-7-15-28)25(34)19-36-27-31-30-26(21-9-6-16-29-18-21)33(27)24-10-5-4-8-20(24)2/h4-6,8-14,16,18H,3,7,17,19H2,1-2H3. The smallest absolute Gasteiger partial charge is 0.237 e. The van der Waals surface area contributed by atoms with Crippen molar-refractivity contribution in [3.05, 3.63) is 78.6 Å². The van der Waals surface area contributed by atoms with Gasteiger partial charge < -0.3 is 9.64 Å². The number of aryl methyl sites for hydroxylation is 1. The van der Waals surface area contributed by atoms with E-state index in [2.05, 4.69) is 21.3 Å². The van der Waals surface area contributed by atoms with Crippen molar-refractivity contribution in [1.29, 1.82) is 5.26 Å². The number of anilines is 1. The Labute approximate surface area is 214 Å². The van der Waals surface area contributed by atoms with Gasteiger partial charge in [-0.05, 0) is 61.9 Å². The number of rotatable bonds is 10. The first-order valence-corrected chi connectivity index (χ1v) is 12.6. The molecule has 1 amide bonds. The van der Waals surface area contributed by atoms with Gasteiger partial charge in [0.05, 0.1) is 30.5 Å². The highest BCUT2D eigenvalue weighted by Gasteiger charge is 2.21. The molecular weight excluding hydrogens is 472 g/mol. The predicted octanol–water partition coefficient (Wildman–Crippen LogP) is 5.08. The zero-order valence-electron chi connectivity index (χ0n) is 20.2. The lowest BCUT2D eigenvalue weighted by atomic mass is 10.2. The second-order valence-corrected chi connectivity index (χ2v) is 8.78. The summed E-state index contributed by atoms with van der Waals surface area (Å²) in [6, 6.07) is 21.2. The number of nitriles is 1. The molecule has 8 nitrogen and oxygen atoms in total. The molecule has 0 saturated carbocycles. The average molecular weight is 499 g/mol. The zero-order chi connectivity index (χ0) is 25.3. The van der Waals surface area contributed by atoms with Crippen LogP contribution in [0.1, 0.15) is 18.9 Å². The van der Waals surface area contributed by atoms with E-state index in [4.69, 9.17) is 10.00 Å². The van der Waals surface area contributed by atoms with Crippen molar-refractivity contribution < 1.29 is 9.53 Å². The maximum absolute atomic E-state index is 13.3. The molecule has 182 valence electrons. The van der Waals surface area contributed by atoms with Crippen molar-refractivity contribution in [3.63, 3.8) is 0 Å². The van der Waals surface area contributed by atoms with Crippen molar-refractivity contribution in [3.8, 4) is 28.9 Å². The molecule has 0 saturated heterocycles. The van der Waals surface area contributed by atoms with E-state index >= 15 is 0 Å². The van der Waals surface area contributed by atoms with E-state index in [1.165, 1.54) is 11.8 Å². The summed E-state index contributed by atoms with van der Waals surface area (Å²) in [6.07, 6.45) is 3.69. The molecule has 36 heavy (non-hydrogen) atoms. The minimum absolute atomic E-state index is 0.123. The SMILES string of the molecule is CCOc1ccc(N(CCC#N)C(=O)CSc2nnc(-c3cccnc3)n2-c2ccccc2C)cc1. The van der Waals surface area contributed by atoms with E-state index in [0.29, 0.717) is 24.1 Å². The molecule has 9 heteroatoms. The highest BCUT2D eigenvalue weighted by Crippen LogP contribution is 2.30.